The molecule has 0 saturated carbocycles. The van der Waals surface area contributed by atoms with E-state index < -0.39 is 5.97 Å². The standard InChI is InChI=1S/C7H8N2O2/c8-3-5-1-2-6(7(10)11)9-4-5/h1-2,4H,3,8H2,(H,10,11). The number of carboxylic acid groups (broad SMARTS) is 1. The Morgan fingerprint density at radius 3 is 2.73 bits per heavy atom. The molecule has 0 bridgehead atoms. The van der Waals surface area contributed by atoms with Crippen molar-refractivity contribution >= 4 is 5.97 Å². The molecule has 4 heteroatoms. The Bertz CT molecular complexity index is 256. The molecule has 0 saturated heterocycles. The highest BCUT2D eigenvalue weighted by molar-refractivity contribution is 5.85. The number of rotatable bonds is 2. The number of carbonyl (C=O) groups is 1. The van der Waals surface area contributed by atoms with Crippen LogP contribution in [-0.4, -0.2) is 16.1 Å². The molecule has 1 heterocycles. The molecule has 1 aromatic rings. The molecule has 0 aliphatic heterocycles. The summed E-state index contributed by atoms with van der Waals surface area (Å²) < 4.78 is 0. The number of aromatic carboxylic acids is 1. The van der Waals surface area contributed by atoms with Gasteiger partial charge in [0.1, 0.15) is 5.69 Å². The van der Waals surface area contributed by atoms with E-state index in [4.69, 9.17) is 10.8 Å². The van der Waals surface area contributed by atoms with Crippen LogP contribution in [0.5, 0.6) is 0 Å². The first-order valence-electron chi connectivity index (χ1n) is 3.12. The highest BCUT2D eigenvalue weighted by Crippen LogP contribution is 1.98. The quantitative estimate of drug-likeness (QED) is 0.636. The van der Waals surface area contributed by atoms with E-state index in [0.29, 0.717) is 6.54 Å². The lowest BCUT2D eigenvalue weighted by atomic mass is 10.2. The number of nitrogens with two attached hydrogens (primary N) is 1. The van der Waals surface area contributed by atoms with E-state index in [1.54, 1.807) is 6.07 Å². The summed E-state index contributed by atoms with van der Waals surface area (Å²) in [6.07, 6.45) is 1.46. The van der Waals surface area contributed by atoms with E-state index in [1.165, 1.54) is 12.3 Å². The van der Waals surface area contributed by atoms with Gasteiger partial charge in [-0.15, -0.1) is 0 Å². The summed E-state index contributed by atoms with van der Waals surface area (Å²) in [6.45, 7) is 0.382. The van der Waals surface area contributed by atoms with Crippen molar-refractivity contribution in [3.05, 3.63) is 29.6 Å². The summed E-state index contributed by atoms with van der Waals surface area (Å²) in [5.41, 5.74) is 6.16. The van der Waals surface area contributed by atoms with Gasteiger partial charge in [0.15, 0.2) is 0 Å². The SMILES string of the molecule is NCc1ccc(C(=O)O)nc1. The van der Waals surface area contributed by atoms with Gasteiger partial charge >= 0.3 is 5.97 Å². The molecular weight excluding hydrogens is 144 g/mol. The fourth-order valence-electron chi connectivity index (χ4n) is 0.672. The van der Waals surface area contributed by atoms with E-state index in [1.807, 2.05) is 0 Å². The van der Waals surface area contributed by atoms with Gasteiger partial charge in [0.2, 0.25) is 0 Å². The molecule has 1 rings (SSSR count). The van der Waals surface area contributed by atoms with Crippen LogP contribution >= 0.6 is 0 Å². The molecule has 0 radical (unpaired) electrons. The maximum atomic E-state index is 10.3. The Hall–Kier alpha value is -1.42. The monoisotopic (exact) mass is 152 g/mol. The zero-order valence-electron chi connectivity index (χ0n) is 5.82. The smallest absolute Gasteiger partial charge is 0.354 e. The van der Waals surface area contributed by atoms with Gasteiger partial charge in [-0.05, 0) is 11.6 Å². The van der Waals surface area contributed by atoms with Crippen molar-refractivity contribution < 1.29 is 9.90 Å². The van der Waals surface area contributed by atoms with Crippen molar-refractivity contribution in [2.75, 3.05) is 0 Å². The van der Waals surface area contributed by atoms with Gasteiger partial charge in [-0.25, -0.2) is 9.78 Å². The fourth-order valence-corrected chi connectivity index (χ4v) is 0.672. The molecule has 0 spiro atoms. The van der Waals surface area contributed by atoms with E-state index >= 15 is 0 Å². The van der Waals surface area contributed by atoms with E-state index in [0.717, 1.165) is 5.56 Å². The molecule has 0 aliphatic carbocycles. The fraction of sp³-hybridized carbons (Fsp3) is 0.143. The van der Waals surface area contributed by atoms with Crippen molar-refractivity contribution in [2.24, 2.45) is 5.73 Å². The van der Waals surface area contributed by atoms with Crippen LogP contribution in [0.4, 0.5) is 0 Å². The first kappa shape index (κ1) is 7.68. The normalized spacial score (nSPS) is 9.55. The first-order valence-corrected chi connectivity index (χ1v) is 3.12. The van der Waals surface area contributed by atoms with Crippen LogP contribution in [0.3, 0.4) is 0 Å². The largest absolute Gasteiger partial charge is 0.477 e. The minimum absolute atomic E-state index is 0.0437. The van der Waals surface area contributed by atoms with Gasteiger partial charge in [-0.2, -0.15) is 0 Å². The summed E-state index contributed by atoms with van der Waals surface area (Å²) in [7, 11) is 0. The summed E-state index contributed by atoms with van der Waals surface area (Å²) >= 11 is 0. The average molecular weight is 152 g/mol. The van der Waals surface area contributed by atoms with Gasteiger partial charge in [-0.1, -0.05) is 6.07 Å². The second-order valence-corrected chi connectivity index (χ2v) is 2.06. The molecule has 0 amide bonds. The van der Waals surface area contributed by atoms with Crippen LogP contribution in [0.25, 0.3) is 0 Å². The number of pyridine rings is 1. The number of hydrogen-bond acceptors (Lipinski definition) is 3. The highest BCUT2D eigenvalue weighted by Gasteiger charge is 2.01. The first-order chi connectivity index (χ1) is 5.24. The van der Waals surface area contributed by atoms with Crippen molar-refractivity contribution in [3.63, 3.8) is 0 Å². The van der Waals surface area contributed by atoms with Crippen LogP contribution in [0, 0.1) is 0 Å². The molecule has 11 heavy (non-hydrogen) atoms. The average Bonchev–Trinajstić information content (AvgIpc) is 2.05. The third-order valence-electron chi connectivity index (χ3n) is 1.28. The van der Waals surface area contributed by atoms with E-state index in [2.05, 4.69) is 4.98 Å². The summed E-state index contributed by atoms with van der Waals surface area (Å²) in [6, 6.07) is 3.08. The van der Waals surface area contributed by atoms with E-state index in [9.17, 15) is 4.79 Å². The van der Waals surface area contributed by atoms with Gasteiger partial charge in [-0.3, -0.25) is 0 Å². The molecule has 4 nitrogen and oxygen atoms in total. The van der Waals surface area contributed by atoms with Crippen LogP contribution < -0.4 is 5.73 Å². The topological polar surface area (TPSA) is 76.2 Å². The van der Waals surface area contributed by atoms with Crippen LogP contribution in [-0.2, 0) is 6.54 Å². The Morgan fingerprint density at radius 1 is 1.64 bits per heavy atom. The molecule has 0 aromatic carbocycles. The molecule has 0 fully saturated rings. The number of hydrogen-bond donors (Lipinski definition) is 2. The Labute approximate surface area is 63.7 Å². The Morgan fingerprint density at radius 2 is 2.36 bits per heavy atom. The van der Waals surface area contributed by atoms with Crippen molar-refractivity contribution in [1.29, 1.82) is 0 Å². The molecule has 0 atom stereocenters. The number of aromatic nitrogens is 1. The molecular formula is C7H8N2O2. The predicted octanol–water partition coefficient (Wildman–Crippen LogP) is 0.238. The van der Waals surface area contributed by atoms with Crippen LogP contribution in [0.1, 0.15) is 16.1 Å². The van der Waals surface area contributed by atoms with Gasteiger partial charge in [0.25, 0.3) is 0 Å². The summed E-state index contributed by atoms with van der Waals surface area (Å²) in [5, 5.41) is 8.45. The molecule has 1 aromatic heterocycles. The maximum Gasteiger partial charge on any atom is 0.354 e. The number of carboxylic acids is 1. The predicted molar refractivity (Wildman–Crippen MR) is 39.1 cm³/mol. The summed E-state index contributed by atoms with van der Waals surface area (Å²) in [4.78, 5) is 14.0. The second-order valence-electron chi connectivity index (χ2n) is 2.06. The van der Waals surface area contributed by atoms with Crippen LogP contribution in [0.15, 0.2) is 18.3 Å². The lowest BCUT2D eigenvalue weighted by Crippen LogP contribution is -2.02. The van der Waals surface area contributed by atoms with Gasteiger partial charge in [0.05, 0.1) is 0 Å². The number of nitrogens with zero attached hydrogens (tertiary/aromatic N) is 1. The zero-order chi connectivity index (χ0) is 8.27. The maximum absolute atomic E-state index is 10.3. The van der Waals surface area contributed by atoms with Crippen molar-refractivity contribution in [3.8, 4) is 0 Å². The zero-order valence-corrected chi connectivity index (χ0v) is 5.82. The third-order valence-corrected chi connectivity index (χ3v) is 1.28. The van der Waals surface area contributed by atoms with Crippen molar-refractivity contribution in [1.82, 2.24) is 4.98 Å². The minimum atomic E-state index is -1.02. The lowest BCUT2D eigenvalue weighted by Gasteiger charge is -1.95. The highest BCUT2D eigenvalue weighted by atomic mass is 16.4. The summed E-state index contributed by atoms with van der Waals surface area (Å²) in [5.74, 6) is -1.02. The van der Waals surface area contributed by atoms with Crippen molar-refractivity contribution in [2.45, 2.75) is 6.54 Å². The molecule has 0 aliphatic rings. The molecule has 3 N–H and O–H groups in total. The Balaban J connectivity index is 2.91. The van der Waals surface area contributed by atoms with Gasteiger partial charge < -0.3 is 10.8 Å². The second kappa shape index (κ2) is 3.12. The third kappa shape index (κ3) is 1.75. The van der Waals surface area contributed by atoms with E-state index in [-0.39, 0.29) is 5.69 Å². The van der Waals surface area contributed by atoms with Crippen LogP contribution in [0.2, 0.25) is 0 Å². The molecule has 58 valence electrons. The lowest BCUT2D eigenvalue weighted by molar-refractivity contribution is 0.0690. The molecule has 0 unspecified atom stereocenters. The minimum Gasteiger partial charge on any atom is -0.477 e. The van der Waals surface area contributed by atoms with Gasteiger partial charge in [0, 0.05) is 12.7 Å². The Kier molecular flexibility index (Phi) is 2.18.